The van der Waals surface area contributed by atoms with Crippen molar-refractivity contribution in [3.05, 3.63) is 75.7 Å². The Bertz CT molecular complexity index is 952. The topological polar surface area (TPSA) is 79.8 Å². The molecule has 1 amide bonds. The lowest BCUT2D eigenvalue weighted by atomic mass is 10.2. The zero-order valence-corrected chi connectivity index (χ0v) is 13.8. The van der Waals surface area contributed by atoms with E-state index in [4.69, 9.17) is 0 Å². The van der Waals surface area contributed by atoms with Crippen LogP contribution in [0, 0.1) is 20.8 Å². The van der Waals surface area contributed by atoms with Gasteiger partial charge in [-0.25, -0.2) is 4.98 Å². The average Bonchev–Trinajstić information content (AvgIpc) is 2.87. The van der Waals surface area contributed by atoms with Crippen LogP contribution in [-0.2, 0) is 0 Å². The van der Waals surface area contributed by atoms with Crippen LogP contribution in [0.15, 0.2) is 47.5 Å². The van der Waals surface area contributed by atoms with Gasteiger partial charge >= 0.3 is 0 Å². The fourth-order valence-corrected chi connectivity index (χ4v) is 2.47. The van der Waals surface area contributed by atoms with E-state index in [0.29, 0.717) is 5.69 Å². The van der Waals surface area contributed by atoms with Crippen LogP contribution in [-0.4, -0.2) is 20.4 Å². The number of carbonyl (C=O) groups excluding carboxylic acids is 1. The second-order valence-electron chi connectivity index (χ2n) is 5.72. The number of carbonyl (C=O) groups is 1. The van der Waals surface area contributed by atoms with E-state index in [1.54, 1.807) is 19.3 Å². The summed E-state index contributed by atoms with van der Waals surface area (Å²) in [5.74, 6) is -0.349. The number of imidazole rings is 1. The molecule has 0 saturated heterocycles. The van der Waals surface area contributed by atoms with Gasteiger partial charge in [0.2, 0.25) is 5.56 Å². The molecule has 0 radical (unpaired) electrons. The summed E-state index contributed by atoms with van der Waals surface area (Å²) < 4.78 is 1.99. The van der Waals surface area contributed by atoms with Crippen molar-refractivity contribution in [1.82, 2.24) is 14.5 Å². The number of nitrogens with zero attached hydrogens (tertiary/aromatic N) is 2. The van der Waals surface area contributed by atoms with Gasteiger partial charge in [-0.2, -0.15) is 0 Å². The lowest BCUT2D eigenvalue weighted by Gasteiger charge is -2.09. The second kappa shape index (κ2) is 6.16. The minimum Gasteiger partial charge on any atom is -0.321 e. The number of hydrogen-bond donors (Lipinski definition) is 2. The van der Waals surface area contributed by atoms with Crippen LogP contribution in [0.5, 0.6) is 0 Å². The Morgan fingerprint density at radius 3 is 2.42 bits per heavy atom. The van der Waals surface area contributed by atoms with Crippen molar-refractivity contribution >= 4 is 11.6 Å². The van der Waals surface area contributed by atoms with E-state index in [-0.39, 0.29) is 17.2 Å². The summed E-state index contributed by atoms with van der Waals surface area (Å²) in [7, 11) is 0. The molecule has 2 N–H and O–H groups in total. The molecule has 6 nitrogen and oxygen atoms in total. The number of anilines is 1. The van der Waals surface area contributed by atoms with E-state index in [9.17, 15) is 9.59 Å². The van der Waals surface area contributed by atoms with Gasteiger partial charge in [-0.1, -0.05) is 0 Å². The monoisotopic (exact) mass is 322 g/mol. The number of nitrogens with one attached hydrogen (secondary N) is 2. The molecule has 0 aliphatic rings. The Morgan fingerprint density at radius 2 is 1.83 bits per heavy atom. The summed E-state index contributed by atoms with van der Waals surface area (Å²) >= 11 is 0. The van der Waals surface area contributed by atoms with Gasteiger partial charge in [-0.15, -0.1) is 0 Å². The molecule has 0 unspecified atom stereocenters. The van der Waals surface area contributed by atoms with Gasteiger partial charge in [0, 0.05) is 23.1 Å². The molecule has 0 aliphatic heterocycles. The maximum Gasteiger partial charge on any atom is 0.272 e. The van der Waals surface area contributed by atoms with Crippen LogP contribution in [0.3, 0.4) is 0 Å². The predicted octanol–water partition coefficient (Wildman–Crippen LogP) is 2.74. The Hall–Kier alpha value is -3.15. The van der Waals surface area contributed by atoms with Crippen LogP contribution in [0.25, 0.3) is 5.69 Å². The van der Waals surface area contributed by atoms with Crippen molar-refractivity contribution in [1.29, 1.82) is 0 Å². The molecule has 0 saturated carbocycles. The largest absolute Gasteiger partial charge is 0.321 e. The molecular formula is C18H18N4O2. The zero-order chi connectivity index (χ0) is 17.3. The standard InChI is InChI=1S/C18H18N4O2/c1-11-8-16(21-17(23)9-11)18(24)20-14-4-6-15(7-5-14)22-10-19-12(2)13(22)3/h4-10H,1-3H3,(H,20,24)(H,21,23). The predicted molar refractivity (Wildman–Crippen MR) is 92.8 cm³/mol. The Kier molecular flexibility index (Phi) is 4.04. The van der Waals surface area contributed by atoms with Crippen LogP contribution >= 0.6 is 0 Å². The average molecular weight is 322 g/mol. The van der Waals surface area contributed by atoms with Crippen LogP contribution in [0.4, 0.5) is 5.69 Å². The number of rotatable bonds is 3. The van der Waals surface area contributed by atoms with Gasteiger partial charge in [0.25, 0.3) is 5.91 Å². The molecule has 24 heavy (non-hydrogen) atoms. The van der Waals surface area contributed by atoms with Gasteiger partial charge in [-0.05, 0) is 56.7 Å². The minimum atomic E-state index is -0.349. The van der Waals surface area contributed by atoms with Crippen LogP contribution in [0.1, 0.15) is 27.4 Å². The van der Waals surface area contributed by atoms with Crippen molar-refractivity contribution in [2.24, 2.45) is 0 Å². The van der Waals surface area contributed by atoms with Crippen LogP contribution in [0.2, 0.25) is 0 Å². The van der Waals surface area contributed by atoms with Gasteiger partial charge in [0.1, 0.15) is 5.69 Å². The van der Waals surface area contributed by atoms with Gasteiger partial charge < -0.3 is 14.9 Å². The molecule has 0 fully saturated rings. The molecule has 6 heteroatoms. The van der Waals surface area contributed by atoms with E-state index in [2.05, 4.69) is 15.3 Å². The Labute approximate surface area is 139 Å². The maximum atomic E-state index is 12.2. The molecule has 3 aromatic rings. The normalized spacial score (nSPS) is 10.6. The molecule has 0 bridgehead atoms. The van der Waals surface area contributed by atoms with Gasteiger partial charge in [-0.3, -0.25) is 9.59 Å². The van der Waals surface area contributed by atoms with Crippen molar-refractivity contribution in [2.75, 3.05) is 5.32 Å². The Balaban J connectivity index is 1.80. The summed E-state index contributed by atoms with van der Waals surface area (Å²) in [4.78, 5) is 30.5. The smallest absolute Gasteiger partial charge is 0.272 e. The van der Waals surface area contributed by atoms with Gasteiger partial charge in [0.05, 0.1) is 12.0 Å². The zero-order valence-electron chi connectivity index (χ0n) is 13.8. The quantitative estimate of drug-likeness (QED) is 0.778. The highest BCUT2D eigenvalue weighted by molar-refractivity contribution is 6.02. The Morgan fingerprint density at radius 1 is 1.12 bits per heavy atom. The van der Waals surface area contributed by atoms with Crippen LogP contribution < -0.4 is 10.9 Å². The van der Waals surface area contributed by atoms with E-state index < -0.39 is 0 Å². The molecule has 3 rings (SSSR count). The molecule has 0 spiro atoms. The minimum absolute atomic E-state index is 0.241. The third-order valence-electron chi connectivity index (χ3n) is 3.89. The number of hydrogen-bond acceptors (Lipinski definition) is 3. The molecule has 1 aromatic carbocycles. The molecule has 0 atom stereocenters. The number of benzene rings is 1. The summed E-state index contributed by atoms with van der Waals surface area (Å²) in [6.07, 6.45) is 1.77. The van der Waals surface area contributed by atoms with E-state index in [0.717, 1.165) is 22.6 Å². The van der Waals surface area contributed by atoms with Crippen molar-refractivity contribution in [2.45, 2.75) is 20.8 Å². The third-order valence-corrected chi connectivity index (χ3v) is 3.89. The van der Waals surface area contributed by atoms with E-state index in [1.165, 1.54) is 6.07 Å². The first kappa shape index (κ1) is 15.7. The van der Waals surface area contributed by atoms with E-state index in [1.807, 2.05) is 42.7 Å². The van der Waals surface area contributed by atoms with Crippen molar-refractivity contribution in [3.63, 3.8) is 0 Å². The molecule has 2 heterocycles. The lowest BCUT2D eigenvalue weighted by Crippen LogP contribution is -2.18. The second-order valence-corrected chi connectivity index (χ2v) is 5.72. The number of H-pyrrole nitrogens is 1. The fourth-order valence-electron chi connectivity index (χ4n) is 2.47. The van der Waals surface area contributed by atoms with E-state index >= 15 is 0 Å². The SMILES string of the molecule is Cc1cc(C(=O)Nc2ccc(-n3cnc(C)c3C)cc2)[nH]c(=O)c1. The molecular weight excluding hydrogens is 304 g/mol. The highest BCUT2D eigenvalue weighted by Gasteiger charge is 2.09. The summed E-state index contributed by atoms with van der Waals surface area (Å²) in [6.45, 7) is 5.74. The van der Waals surface area contributed by atoms with Crippen molar-refractivity contribution < 1.29 is 4.79 Å². The maximum absolute atomic E-state index is 12.2. The fraction of sp³-hybridized carbons (Fsp3) is 0.167. The lowest BCUT2D eigenvalue weighted by molar-refractivity contribution is 0.102. The summed E-state index contributed by atoms with van der Waals surface area (Å²) in [5, 5.41) is 2.78. The molecule has 122 valence electrons. The number of aromatic nitrogens is 3. The number of pyridine rings is 1. The summed E-state index contributed by atoms with van der Waals surface area (Å²) in [6, 6.07) is 10.5. The first-order valence-corrected chi connectivity index (χ1v) is 7.57. The number of aromatic amines is 1. The highest BCUT2D eigenvalue weighted by Crippen LogP contribution is 2.17. The highest BCUT2D eigenvalue weighted by atomic mass is 16.2. The first-order valence-electron chi connectivity index (χ1n) is 7.57. The summed E-state index contributed by atoms with van der Waals surface area (Å²) in [5.41, 5.74) is 4.37. The van der Waals surface area contributed by atoms with Crippen molar-refractivity contribution in [3.8, 4) is 5.69 Å². The molecule has 0 aliphatic carbocycles. The number of aryl methyl sites for hydroxylation is 2. The third kappa shape index (κ3) is 3.12. The molecule has 2 aromatic heterocycles. The number of amides is 1. The van der Waals surface area contributed by atoms with Gasteiger partial charge in [0.15, 0.2) is 0 Å². The first-order chi connectivity index (χ1) is 11.4.